The zero-order valence-electron chi connectivity index (χ0n) is 15.2. The maximum atomic E-state index is 12.9. The normalized spacial score (nSPS) is 11.3. The molecule has 0 aliphatic carbocycles. The van der Waals surface area contributed by atoms with Crippen molar-refractivity contribution in [2.75, 3.05) is 11.9 Å². The third-order valence-corrected chi connectivity index (χ3v) is 5.27. The molecule has 0 aliphatic rings. The lowest BCUT2D eigenvalue weighted by Gasteiger charge is -2.08. The number of rotatable bonds is 6. The highest BCUT2D eigenvalue weighted by Crippen LogP contribution is 2.31. The summed E-state index contributed by atoms with van der Waals surface area (Å²) in [6, 6.07) is 11.8. The van der Waals surface area contributed by atoms with Gasteiger partial charge in [0.05, 0.1) is 11.3 Å². The van der Waals surface area contributed by atoms with E-state index in [1.54, 1.807) is 37.3 Å². The van der Waals surface area contributed by atoms with Crippen molar-refractivity contribution in [2.45, 2.75) is 19.5 Å². The Kier molecular flexibility index (Phi) is 6.44. The van der Waals surface area contributed by atoms with Gasteiger partial charge in [-0.1, -0.05) is 29.8 Å². The average Bonchev–Trinajstić information content (AvgIpc) is 2.99. The minimum absolute atomic E-state index is 0.205. The number of hydrogen-bond acceptors (Lipinski definition) is 4. The van der Waals surface area contributed by atoms with Gasteiger partial charge in [-0.15, -0.1) is 11.3 Å². The third kappa shape index (κ3) is 5.95. The molecule has 152 valence electrons. The third-order valence-electron chi connectivity index (χ3n) is 3.94. The van der Waals surface area contributed by atoms with Crippen LogP contribution in [0.3, 0.4) is 0 Å². The summed E-state index contributed by atoms with van der Waals surface area (Å²) in [7, 11) is 0. The van der Waals surface area contributed by atoms with E-state index in [0.717, 1.165) is 17.0 Å². The molecule has 4 nitrogen and oxygen atoms in total. The number of nitrogens with one attached hydrogen (secondary N) is 1. The number of hydrogen-bond donors (Lipinski definition) is 1. The highest BCUT2D eigenvalue weighted by Gasteiger charge is 2.30. The summed E-state index contributed by atoms with van der Waals surface area (Å²) < 4.78 is 44.0. The molecule has 0 atom stereocenters. The first-order valence-corrected chi connectivity index (χ1v) is 9.71. The molecule has 1 amide bonds. The second-order valence-electron chi connectivity index (χ2n) is 6.19. The molecule has 1 aromatic heterocycles. The van der Waals surface area contributed by atoms with Crippen LogP contribution < -0.4 is 10.1 Å². The standard InChI is InChI=1S/C20H16ClF3N2O2S/c1-12-17(10-13-3-2-4-14(9-13)20(22,23)24)29-19(25-12)26-18(27)11-28-16-7-5-15(21)6-8-16/h2-9H,10-11H2,1H3,(H,25,26,27). The van der Waals surface area contributed by atoms with Crippen LogP contribution in [0.5, 0.6) is 5.75 Å². The second-order valence-corrected chi connectivity index (χ2v) is 7.71. The van der Waals surface area contributed by atoms with E-state index in [4.69, 9.17) is 16.3 Å². The van der Waals surface area contributed by atoms with Crippen molar-refractivity contribution in [1.29, 1.82) is 0 Å². The first kappa shape index (κ1) is 21.1. The van der Waals surface area contributed by atoms with Crippen LogP contribution >= 0.6 is 22.9 Å². The molecule has 1 N–H and O–H groups in total. The van der Waals surface area contributed by atoms with E-state index >= 15 is 0 Å². The number of halogens is 4. The van der Waals surface area contributed by atoms with E-state index < -0.39 is 11.7 Å². The van der Waals surface area contributed by atoms with Crippen molar-refractivity contribution < 1.29 is 22.7 Å². The predicted molar refractivity (Wildman–Crippen MR) is 107 cm³/mol. The Morgan fingerprint density at radius 2 is 1.93 bits per heavy atom. The van der Waals surface area contributed by atoms with E-state index in [-0.39, 0.29) is 12.5 Å². The summed E-state index contributed by atoms with van der Waals surface area (Å²) in [6.45, 7) is 1.54. The molecule has 3 aromatic rings. The van der Waals surface area contributed by atoms with E-state index in [1.165, 1.54) is 17.4 Å². The molecule has 2 aromatic carbocycles. The van der Waals surface area contributed by atoms with Crippen molar-refractivity contribution in [3.8, 4) is 5.75 Å². The van der Waals surface area contributed by atoms with Crippen LogP contribution in [0.15, 0.2) is 48.5 Å². The molecule has 0 saturated heterocycles. The number of benzene rings is 2. The Bertz CT molecular complexity index is 1000. The van der Waals surface area contributed by atoms with Crippen LogP contribution in [0.2, 0.25) is 5.02 Å². The SMILES string of the molecule is Cc1nc(NC(=O)COc2ccc(Cl)cc2)sc1Cc1cccc(C(F)(F)F)c1. The lowest BCUT2D eigenvalue weighted by Crippen LogP contribution is -2.20. The summed E-state index contributed by atoms with van der Waals surface area (Å²) in [6.07, 6.45) is -4.09. The summed E-state index contributed by atoms with van der Waals surface area (Å²) >= 11 is 7.01. The molecule has 9 heteroatoms. The van der Waals surface area contributed by atoms with Crippen LogP contribution in [0.1, 0.15) is 21.7 Å². The number of carbonyl (C=O) groups is 1. The minimum Gasteiger partial charge on any atom is -0.484 e. The first-order valence-electron chi connectivity index (χ1n) is 8.51. The Balaban J connectivity index is 1.61. The number of alkyl halides is 3. The van der Waals surface area contributed by atoms with Gasteiger partial charge in [0.25, 0.3) is 5.91 Å². The van der Waals surface area contributed by atoms with Crippen LogP contribution in [-0.2, 0) is 17.4 Å². The maximum Gasteiger partial charge on any atom is 0.416 e. The number of nitrogens with zero attached hydrogens (tertiary/aromatic N) is 1. The molecule has 0 spiro atoms. The van der Waals surface area contributed by atoms with Gasteiger partial charge in [-0.25, -0.2) is 4.98 Å². The first-order chi connectivity index (χ1) is 13.7. The maximum absolute atomic E-state index is 12.9. The topological polar surface area (TPSA) is 51.2 Å². The lowest BCUT2D eigenvalue weighted by atomic mass is 10.1. The van der Waals surface area contributed by atoms with Gasteiger partial charge in [0.15, 0.2) is 11.7 Å². The van der Waals surface area contributed by atoms with Crippen molar-refractivity contribution in [3.05, 3.63) is 75.3 Å². The number of thiazole rings is 1. The predicted octanol–water partition coefficient (Wildman–Crippen LogP) is 5.73. The molecule has 0 bridgehead atoms. The Morgan fingerprint density at radius 3 is 2.62 bits per heavy atom. The number of amides is 1. The van der Waals surface area contributed by atoms with Gasteiger partial charge in [0.1, 0.15) is 5.75 Å². The molecule has 1 heterocycles. The van der Waals surface area contributed by atoms with Gasteiger partial charge in [0, 0.05) is 16.3 Å². The molecule has 0 aliphatic heterocycles. The van der Waals surface area contributed by atoms with Crippen molar-refractivity contribution >= 4 is 34.0 Å². The molecule has 0 unspecified atom stereocenters. The van der Waals surface area contributed by atoms with Crippen molar-refractivity contribution in [3.63, 3.8) is 0 Å². The summed E-state index contributed by atoms with van der Waals surface area (Å²) in [5.41, 5.74) is 0.488. The number of ether oxygens (including phenoxy) is 1. The molecule has 0 fully saturated rings. The number of anilines is 1. The van der Waals surface area contributed by atoms with Crippen molar-refractivity contribution in [2.24, 2.45) is 0 Å². The molecule has 29 heavy (non-hydrogen) atoms. The highest BCUT2D eigenvalue weighted by molar-refractivity contribution is 7.15. The van der Waals surface area contributed by atoms with Crippen LogP contribution in [-0.4, -0.2) is 17.5 Å². The quantitative estimate of drug-likeness (QED) is 0.532. The second kappa shape index (κ2) is 8.84. The van der Waals surface area contributed by atoms with Crippen LogP contribution in [0.25, 0.3) is 0 Å². The van der Waals surface area contributed by atoms with Gasteiger partial charge in [0.2, 0.25) is 0 Å². The summed E-state index contributed by atoms with van der Waals surface area (Å²) in [5, 5.41) is 3.58. The molecule has 3 rings (SSSR count). The molecule has 0 radical (unpaired) electrons. The largest absolute Gasteiger partial charge is 0.484 e. The zero-order valence-corrected chi connectivity index (χ0v) is 16.8. The number of carbonyl (C=O) groups excluding carboxylic acids is 1. The number of aromatic nitrogens is 1. The van der Waals surface area contributed by atoms with E-state index in [9.17, 15) is 18.0 Å². The van der Waals surface area contributed by atoms with Gasteiger partial charge < -0.3 is 4.74 Å². The fourth-order valence-electron chi connectivity index (χ4n) is 2.52. The summed E-state index contributed by atoms with van der Waals surface area (Å²) in [4.78, 5) is 17.1. The summed E-state index contributed by atoms with van der Waals surface area (Å²) in [5.74, 6) is 0.115. The highest BCUT2D eigenvalue weighted by atomic mass is 35.5. The fraction of sp³-hybridized carbons (Fsp3) is 0.200. The average molecular weight is 441 g/mol. The van der Waals surface area contributed by atoms with Crippen LogP contribution in [0.4, 0.5) is 18.3 Å². The van der Waals surface area contributed by atoms with E-state index in [1.807, 2.05) is 0 Å². The van der Waals surface area contributed by atoms with Gasteiger partial charge >= 0.3 is 6.18 Å². The van der Waals surface area contributed by atoms with Gasteiger partial charge in [-0.3, -0.25) is 10.1 Å². The Hall–Kier alpha value is -2.58. The van der Waals surface area contributed by atoms with Gasteiger partial charge in [-0.2, -0.15) is 13.2 Å². The molecular weight excluding hydrogens is 425 g/mol. The molecular formula is C20H16ClF3N2O2S. The Labute approximate surface area is 174 Å². The fourth-order valence-corrected chi connectivity index (χ4v) is 3.66. The van der Waals surface area contributed by atoms with Gasteiger partial charge in [-0.05, 0) is 42.8 Å². The van der Waals surface area contributed by atoms with Crippen molar-refractivity contribution in [1.82, 2.24) is 4.98 Å². The molecule has 0 saturated carbocycles. The van der Waals surface area contributed by atoms with E-state index in [0.29, 0.717) is 33.6 Å². The zero-order chi connectivity index (χ0) is 21.0. The smallest absolute Gasteiger partial charge is 0.416 e. The minimum atomic E-state index is -4.39. The monoisotopic (exact) mass is 440 g/mol. The van der Waals surface area contributed by atoms with E-state index in [2.05, 4.69) is 10.3 Å². The van der Waals surface area contributed by atoms with Crippen LogP contribution in [0, 0.1) is 6.92 Å². The number of aryl methyl sites for hydroxylation is 1. The Morgan fingerprint density at radius 1 is 1.21 bits per heavy atom. The lowest BCUT2D eigenvalue weighted by molar-refractivity contribution is -0.137.